The van der Waals surface area contributed by atoms with Crippen molar-refractivity contribution in [2.45, 2.75) is 44.8 Å². The number of rotatable bonds is 5. The molecule has 7 heteroatoms. The maximum atomic E-state index is 14.0. The van der Waals surface area contributed by atoms with Gasteiger partial charge in [0.25, 0.3) is 5.91 Å². The van der Waals surface area contributed by atoms with Gasteiger partial charge in [0.05, 0.1) is 18.7 Å². The lowest BCUT2D eigenvalue weighted by atomic mass is 10.1. The fourth-order valence-corrected chi connectivity index (χ4v) is 3.20. The zero-order valence-electron chi connectivity index (χ0n) is 13.7. The minimum Gasteiger partial charge on any atom is -0.467 e. The Morgan fingerprint density at radius 3 is 2.44 bits per heavy atom. The quantitative estimate of drug-likeness (QED) is 0.864. The first-order chi connectivity index (χ1) is 11.6. The molecule has 1 amide bonds. The Balaban J connectivity index is 0.00000225. The van der Waals surface area contributed by atoms with Gasteiger partial charge in [0, 0.05) is 11.6 Å². The van der Waals surface area contributed by atoms with E-state index in [1.807, 2.05) is 0 Å². The van der Waals surface area contributed by atoms with Crippen LogP contribution in [0.5, 0.6) is 0 Å². The molecule has 0 saturated heterocycles. The predicted octanol–water partition coefficient (Wildman–Crippen LogP) is 4.02. The van der Waals surface area contributed by atoms with E-state index >= 15 is 0 Å². The average Bonchev–Trinajstić information content (AvgIpc) is 3.25. The van der Waals surface area contributed by atoms with Crippen LogP contribution < -0.4 is 5.73 Å². The fourth-order valence-electron chi connectivity index (χ4n) is 3.20. The summed E-state index contributed by atoms with van der Waals surface area (Å²) in [4.78, 5) is 14.4. The summed E-state index contributed by atoms with van der Waals surface area (Å²) in [7, 11) is 0. The third kappa shape index (κ3) is 4.19. The molecule has 0 radical (unpaired) electrons. The van der Waals surface area contributed by atoms with Crippen molar-refractivity contribution in [1.29, 1.82) is 0 Å². The normalized spacial score (nSPS) is 14.4. The van der Waals surface area contributed by atoms with Gasteiger partial charge in [0.1, 0.15) is 23.7 Å². The van der Waals surface area contributed by atoms with Crippen LogP contribution in [-0.2, 0) is 13.1 Å². The third-order valence-corrected chi connectivity index (χ3v) is 4.52. The van der Waals surface area contributed by atoms with Gasteiger partial charge in [-0.25, -0.2) is 8.78 Å². The molecule has 0 aliphatic heterocycles. The second kappa shape index (κ2) is 8.45. The number of hydrogen-bond donors (Lipinski definition) is 1. The van der Waals surface area contributed by atoms with Crippen molar-refractivity contribution >= 4 is 18.3 Å². The zero-order valence-corrected chi connectivity index (χ0v) is 14.5. The number of hydrogen-bond acceptors (Lipinski definition) is 3. The smallest absolute Gasteiger partial charge is 0.257 e. The van der Waals surface area contributed by atoms with Gasteiger partial charge >= 0.3 is 0 Å². The summed E-state index contributed by atoms with van der Waals surface area (Å²) >= 11 is 0. The fraction of sp³-hybridized carbons (Fsp3) is 0.389. The van der Waals surface area contributed by atoms with E-state index < -0.39 is 11.6 Å². The first-order valence-electron chi connectivity index (χ1n) is 8.11. The maximum Gasteiger partial charge on any atom is 0.257 e. The molecule has 1 saturated carbocycles. The molecule has 1 fully saturated rings. The first kappa shape index (κ1) is 19.4. The largest absolute Gasteiger partial charge is 0.467 e. The van der Waals surface area contributed by atoms with Crippen LogP contribution in [-0.4, -0.2) is 16.8 Å². The molecular formula is C18H21ClF2N2O2. The molecule has 2 aromatic rings. The van der Waals surface area contributed by atoms with Crippen molar-refractivity contribution in [3.63, 3.8) is 0 Å². The minimum atomic E-state index is -0.638. The number of nitrogens with zero attached hydrogens (tertiary/aromatic N) is 1. The summed E-state index contributed by atoms with van der Waals surface area (Å²) in [6.07, 6.45) is 5.04. The van der Waals surface area contributed by atoms with Crippen LogP contribution >= 0.6 is 12.4 Å². The first-order valence-corrected chi connectivity index (χ1v) is 8.11. The molecule has 25 heavy (non-hydrogen) atoms. The van der Waals surface area contributed by atoms with Crippen LogP contribution in [0.3, 0.4) is 0 Å². The van der Waals surface area contributed by atoms with Crippen LogP contribution in [0.15, 0.2) is 34.9 Å². The van der Waals surface area contributed by atoms with Crippen molar-refractivity contribution in [1.82, 2.24) is 4.90 Å². The highest BCUT2D eigenvalue weighted by molar-refractivity contribution is 5.94. The lowest BCUT2D eigenvalue weighted by molar-refractivity contribution is 0.0659. The number of carbonyl (C=O) groups excluding carboxylic acids is 1. The number of halogens is 3. The topological polar surface area (TPSA) is 59.5 Å². The molecule has 4 nitrogen and oxygen atoms in total. The van der Waals surface area contributed by atoms with Gasteiger partial charge in [0.2, 0.25) is 0 Å². The Bertz CT molecular complexity index is 709. The van der Waals surface area contributed by atoms with Gasteiger partial charge in [-0.2, -0.15) is 0 Å². The number of benzene rings is 1. The second-order valence-corrected chi connectivity index (χ2v) is 6.08. The monoisotopic (exact) mass is 370 g/mol. The standard InChI is InChI=1S/C18H20F2N2O2.ClH/c19-16-6-3-7-17(20)15(16)10-22(13-4-1-2-5-13)18(23)12-8-14(9-21)24-11-12;/h3,6-8,11,13H,1-2,4-5,9-10,21H2;1H. The molecule has 2 N–H and O–H groups in total. The van der Waals surface area contributed by atoms with Gasteiger partial charge < -0.3 is 15.1 Å². The van der Waals surface area contributed by atoms with E-state index in [1.165, 1.54) is 24.5 Å². The molecule has 1 aliphatic carbocycles. The third-order valence-electron chi connectivity index (χ3n) is 4.52. The van der Waals surface area contributed by atoms with Gasteiger partial charge in [-0.15, -0.1) is 12.4 Å². The van der Waals surface area contributed by atoms with Crippen LogP contribution in [0.4, 0.5) is 8.78 Å². The summed E-state index contributed by atoms with van der Waals surface area (Å²) in [6, 6.07) is 5.30. The summed E-state index contributed by atoms with van der Waals surface area (Å²) < 4.78 is 33.2. The van der Waals surface area contributed by atoms with E-state index in [0.717, 1.165) is 25.7 Å². The summed E-state index contributed by atoms with van der Waals surface area (Å²) in [5, 5.41) is 0. The molecule has 3 rings (SSSR count). The van der Waals surface area contributed by atoms with E-state index in [0.29, 0.717) is 11.3 Å². The van der Waals surface area contributed by atoms with Crippen molar-refractivity contribution in [3.8, 4) is 0 Å². The van der Waals surface area contributed by atoms with Crippen LogP contribution in [0.25, 0.3) is 0 Å². The van der Waals surface area contributed by atoms with Gasteiger partial charge in [0.15, 0.2) is 0 Å². The molecular weight excluding hydrogens is 350 g/mol. The molecule has 1 aromatic carbocycles. The molecule has 0 spiro atoms. The molecule has 1 aliphatic rings. The van der Waals surface area contributed by atoms with E-state index in [2.05, 4.69) is 0 Å². The SMILES string of the molecule is Cl.NCc1cc(C(=O)N(Cc2c(F)cccc2F)C2CCCC2)co1. The predicted molar refractivity (Wildman–Crippen MR) is 92.3 cm³/mol. The van der Waals surface area contributed by atoms with E-state index in [4.69, 9.17) is 10.2 Å². The lowest BCUT2D eigenvalue weighted by Gasteiger charge is -2.29. The van der Waals surface area contributed by atoms with Crippen LogP contribution in [0, 0.1) is 11.6 Å². The number of nitrogens with two attached hydrogens (primary N) is 1. The number of amides is 1. The highest BCUT2D eigenvalue weighted by Gasteiger charge is 2.29. The van der Waals surface area contributed by atoms with Gasteiger partial charge in [-0.3, -0.25) is 4.79 Å². The Kier molecular flexibility index (Phi) is 6.56. The van der Waals surface area contributed by atoms with Gasteiger partial charge in [-0.1, -0.05) is 18.9 Å². The van der Waals surface area contributed by atoms with Crippen LogP contribution in [0.1, 0.15) is 47.4 Å². The van der Waals surface area contributed by atoms with Crippen molar-refractivity contribution in [2.75, 3.05) is 0 Å². The van der Waals surface area contributed by atoms with E-state index in [9.17, 15) is 13.6 Å². The van der Waals surface area contributed by atoms with E-state index in [1.54, 1.807) is 11.0 Å². The van der Waals surface area contributed by atoms with Crippen molar-refractivity contribution in [2.24, 2.45) is 5.73 Å². The molecule has 136 valence electrons. The number of carbonyl (C=O) groups is 1. The number of furan rings is 1. The average molecular weight is 371 g/mol. The van der Waals surface area contributed by atoms with Crippen LogP contribution in [0.2, 0.25) is 0 Å². The minimum absolute atomic E-state index is 0. The molecule has 1 heterocycles. The molecule has 1 aromatic heterocycles. The maximum absolute atomic E-state index is 14.0. The summed E-state index contributed by atoms with van der Waals surface area (Å²) in [5.41, 5.74) is 5.78. The zero-order chi connectivity index (χ0) is 17.1. The Morgan fingerprint density at radius 1 is 1.24 bits per heavy atom. The molecule has 0 bridgehead atoms. The highest BCUT2D eigenvalue weighted by atomic mass is 35.5. The highest BCUT2D eigenvalue weighted by Crippen LogP contribution is 2.28. The van der Waals surface area contributed by atoms with Crippen molar-refractivity contribution < 1.29 is 18.0 Å². The Hall–Kier alpha value is -1.92. The lowest BCUT2D eigenvalue weighted by Crippen LogP contribution is -2.38. The van der Waals surface area contributed by atoms with E-state index in [-0.39, 0.29) is 43.0 Å². The Labute approximate surface area is 151 Å². The summed E-state index contributed by atoms with van der Waals surface area (Å²) in [6.45, 7) is 0.101. The van der Waals surface area contributed by atoms with Gasteiger partial charge in [-0.05, 0) is 31.0 Å². The molecule has 0 unspecified atom stereocenters. The Morgan fingerprint density at radius 2 is 1.88 bits per heavy atom. The summed E-state index contributed by atoms with van der Waals surface area (Å²) in [5.74, 6) is -1.06. The van der Waals surface area contributed by atoms with Crippen molar-refractivity contribution in [3.05, 3.63) is 59.1 Å². The molecule has 0 atom stereocenters. The second-order valence-electron chi connectivity index (χ2n) is 6.08.